The summed E-state index contributed by atoms with van der Waals surface area (Å²) in [5, 5.41) is 12.2. The van der Waals surface area contributed by atoms with Gasteiger partial charge in [-0.25, -0.2) is 9.97 Å². The number of aromatic nitrogens is 2. The topological polar surface area (TPSA) is 117 Å². The van der Waals surface area contributed by atoms with Crippen LogP contribution in [0, 0.1) is 24.0 Å². The molecule has 1 amide bonds. The Morgan fingerprint density at radius 2 is 1.45 bits per heavy atom. The molecule has 1 aliphatic heterocycles. The number of carbonyl (C=O) groups is 1. The molecule has 2 N–H and O–H groups in total. The number of nitro groups is 1. The predicted octanol–water partition coefficient (Wildman–Crippen LogP) is 4.60. The van der Waals surface area contributed by atoms with E-state index >= 15 is 0 Å². The van der Waals surface area contributed by atoms with E-state index in [-0.39, 0.29) is 23.2 Å². The van der Waals surface area contributed by atoms with Crippen molar-refractivity contribution >= 4 is 28.9 Å². The van der Waals surface area contributed by atoms with E-state index in [9.17, 15) is 14.9 Å². The molecular weight excluding hydrogens is 506 g/mol. The minimum Gasteiger partial charge on any atom is -0.368 e. The highest BCUT2D eigenvalue weighted by atomic mass is 16.6. The van der Waals surface area contributed by atoms with Crippen LogP contribution in [0.1, 0.15) is 28.2 Å². The molecule has 0 aliphatic carbocycles. The molecule has 10 heteroatoms. The zero-order chi connectivity index (χ0) is 28.1. The Bertz CT molecular complexity index is 1450. The normalized spacial score (nSPS) is 13.3. The molecule has 0 radical (unpaired) electrons. The second kappa shape index (κ2) is 11.8. The van der Waals surface area contributed by atoms with Gasteiger partial charge in [0.2, 0.25) is 17.5 Å². The summed E-state index contributed by atoms with van der Waals surface area (Å²) in [5.41, 5.74) is 10.3. The lowest BCUT2D eigenvalue weighted by molar-refractivity contribution is -0.383. The van der Waals surface area contributed by atoms with E-state index in [1.165, 1.54) is 23.1 Å². The van der Waals surface area contributed by atoms with Crippen molar-refractivity contribution in [3.63, 3.8) is 0 Å². The van der Waals surface area contributed by atoms with Gasteiger partial charge in [0.25, 0.3) is 0 Å². The number of nitrogens with zero attached hydrogens (tertiary/aromatic N) is 5. The molecule has 204 valence electrons. The fourth-order valence-electron chi connectivity index (χ4n) is 5.08. The van der Waals surface area contributed by atoms with Crippen molar-refractivity contribution in [3.05, 3.63) is 118 Å². The average Bonchev–Trinajstić information content (AvgIpc) is 2.98. The van der Waals surface area contributed by atoms with Crippen LogP contribution in [0.15, 0.2) is 85.2 Å². The summed E-state index contributed by atoms with van der Waals surface area (Å²) in [6.45, 7) is 6.71. The molecule has 0 saturated carbocycles. The van der Waals surface area contributed by atoms with Crippen molar-refractivity contribution in [2.75, 3.05) is 41.4 Å². The van der Waals surface area contributed by atoms with E-state index in [0.717, 1.165) is 11.1 Å². The molecule has 0 spiro atoms. The van der Waals surface area contributed by atoms with Gasteiger partial charge < -0.3 is 9.80 Å². The van der Waals surface area contributed by atoms with Crippen LogP contribution in [0.5, 0.6) is 0 Å². The molecule has 40 heavy (non-hydrogen) atoms. The van der Waals surface area contributed by atoms with Gasteiger partial charge in [0.1, 0.15) is 6.33 Å². The molecule has 0 bridgehead atoms. The molecule has 4 aromatic rings. The van der Waals surface area contributed by atoms with Gasteiger partial charge in [0, 0.05) is 31.9 Å². The highest BCUT2D eigenvalue weighted by Gasteiger charge is 2.31. The third-order valence-corrected chi connectivity index (χ3v) is 7.31. The molecule has 5 rings (SSSR count). The number of hydrazine groups is 1. The average molecular weight is 538 g/mol. The first-order chi connectivity index (χ1) is 19.4. The number of nitrogens with one attached hydrogen (secondary N) is 2. The van der Waals surface area contributed by atoms with Crippen LogP contribution in [0.2, 0.25) is 0 Å². The lowest BCUT2D eigenvalue weighted by atomic mass is 9.91. The van der Waals surface area contributed by atoms with Crippen molar-refractivity contribution in [2.45, 2.75) is 19.8 Å². The molecular formula is C30H31N7O3. The number of rotatable bonds is 8. The van der Waals surface area contributed by atoms with Crippen LogP contribution >= 0.6 is 0 Å². The van der Waals surface area contributed by atoms with Gasteiger partial charge in [-0.3, -0.25) is 25.8 Å². The summed E-state index contributed by atoms with van der Waals surface area (Å²) in [6, 6.07) is 25.0. The molecule has 10 nitrogen and oxygen atoms in total. The number of benzene rings is 3. The first-order valence-electron chi connectivity index (χ1n) is 13.2. The lowest BCUT2D eigenvalue weighted by Crippen LogP contribution is -2.47. The van der Waals surface area contributed by atoms with E-state index in [0.29, 0.717) is 26.2 Å². The fourth-order valence-corrected chi connectivity index (χ4v) is 5.08. The first-order valence-corrected chi connectivity index (χ1v) is 13.2. The molecule has 2 heterocycles. The standard InChI is InChI=1S/C30H31N7O3/c1-21-10-9-15-25(22(21)2)35-16-18-36(19-17-35)29-27(37(39)40)28(31-20-32-29)33-34-30(38)26(23-11-5-3-6-12-23)24-13-7-4-8-14-24/h3-15,20,26H,16-19H2,1-2H3,(H,34,38)(H,31,32,33). The monoisotopic (exact) mass is 537 g/mol. The van der Waals surface area contributed by atoms with Crippen LogP contribution in [0.3, 0.4) is 0 Å². The van der Waals surface area contributed by atoms with Crippen LogP contribution in [0.25, 0.3) is 0 Å². The second-order valence-corrected chi connectivity index (χ2v) is 9.71. The molecule has 1 saturated heterocycles. The quantitative estimate of drug-likeness (QED) is 0.247. The maximum Gasteiger partial charge on any atom is 0.355 e. The van der Waals surface area contributed by atoms with E-state index in [1.54, 1.807) is 0 Å². The maximum absolute atomic E-state index is 13.4. The highest BCUT2D eigenvalue weighted by Crippen LogP contribution is 2.33. The van der Waals surface area contributed by atoms with Crippen LogP contribution in [-0.4, -0.2) is 47.0 Å². The van der Waals surface area contributed by atoms with Gasteiger partial charge in [0.05, 0.1) is 10.8 Å². The summed E-state index contributed by atoms with van der Waals surface area (Å²) in [6.07, 6.45) is 1.28. The largest absolute Gasteiger partial charge is 0.368 e. The number of carbonyl (C=O) groups excluding carboxylic acids is 1. The number of piperazine rings is 1. The van der Waals surface area contributed by atoms with Gasteiger partial charge in [-0.15, -0.1) is 0 Å². The SMILES string of the molecule is Cc1cccc(N2CCN(c3ncnc(NNC(=O)C(c4ccccc4)c4ccccc4)c3[N+](=O)[O-])CC2)c1C. The van der Waals surface area contributed by atoms with Crippen LogP contribution < -0.4 is 20.7 Å². The number of anilines is 3. The minimum absolute atomic E-state index is 0.0693. The minimum atomic E-state index is -0.617. The number of aryl methyl sites for hydroxylation is 1. The third kappa shape index (κ3) is 5.56. The molecule has 3 aromatic carbocycles. The van der Waals surface area contributed by atoms with Crippen molar-refractivity contribution in [1.82, 2.24) is 15.4 Å². The third-order valence-electron chi connectivity index (χ3n) is 7.31. The Hall–Kier alpha value is -4.99. The van der Waals surface area contributed by atoms with Crippen molar-refractivity contribution in [3.8, 4) is 0 Å². The Kier molecular flexibility index (Phi) is 7.86. The fraction of sp³-hybridized carbons (Fsp3) is 0.233. The summed E-state index contributed by atoms with van der Waals surface area (Å²) in [4.78, 5) is 37.7. The maximum atomic E-state index is 13.4. The Balaban J connectivity index is 1.34. The number of hydrogen-bond donors (Lipinski definition) is 2. The first kappa shape index (κ1) is 26.6. The van der Waals surface area contributed by atoms with Gasteiger partial charge in [-0.05, 0) is 42.2 Å². The highest BCUT2D eigenvalue weighted by molar-refractivity contribution is 5.88. The van der Waals surface area contributed by atoms with Gasteiger partial charge in [0.15, 0.2) is 0 Å². The Labute approximate surface area is 232 Å². The molecule has 0 unspecified atom stereocenters. The zero-order valence-corrected chi connectivity index (χ0v) is 22.4. The Morgan fingerprint density at radius 3 is 2.05 bits per heavy atom. The van der Waals surface area contributed by atoms with Crippen LogP contribution in [0.4, 0.5) is 23.0 Å². The van der Waals surface area contributed by atoms with Crippen molar-refractivity contribution in [2.24, 2.45) is 0 Å². The number of hydrogen-bond acceptors (Lipinski definition) is 8. The number of amides is 1. The lowest BCUT2D eigenvalue weighted by Gasteiger charge is -2.37. The Morgan fingerprint density at radius 1 is 0.850 bits per heavy atom. The summed E-state index contributed by atoms with van der Waals surface area (Å²) in [7, 11) is 0. The summed E-state index contributed by atoms with van der Waals surface area (Å²) >= 11 is 0. The van der Waals surface area contributed by atoms with E-state index in [2.05, 4.69) is 51.7 Å². The summed E-state index contributed by atoms with van der Waals surface area (Å²) in [5.74, 6) is -0.831. The molecule has 1 aromatic heterocycles. The zero-order valence-electron chi connectivity index (χ0n) is 22.4. The predicted molar refractivity (Wildman–Crippen MR) is 156 cm³/mol. The van der Waals surface area contributed by atoms with Gasteiger partial charge >= 0.3 is 5.69 Å². The van der Waals surface area contributed by atoms with Crippen molar-refractivity contribution in [1.29, 1.82) is 0 Å². The second-order valence-electron chi connectivity index (χ2n) is 9.71. The van der Waals surface area contributed by atoms with E-state index < -0.39 is 10.8 Å². The molecule has 1 aliphatic rings. The van der Waals surface area contributed by atoms with E-state index in [1.807, 2.05) is 71.6 Å². The molecule has 0 atom stereocenters. The van der Waals surface area contributed by atoms with Gasteiger partial charge in [-0.2, -0.15) is 0 Å². The van der Waals surface area contributed by atoms with Crippen LogP contribution in [-0.2, 0) is 4.79 Å². The van der Waals surface area contributed by atoms with Crippen molar-refractivity contribution < 1.29 is 9.72 Å². The smallest absolute Gasteiger partial charge is 0.355 e. The van der Waals surface area contributed by atoms with E-state index in [4.69, 9.17) is 0 Å². The van der Waals surface area contributed by atoms with Gasteiger partial charge in [-0.1, -0.05) is 72.8 Å². The molecule has 1 fully saturated rings. The summed E-state index contributed by atoms with van der Waals surface area (Å²) < 4.78 is 0.